The molecule has 5 heteroatoms. The Kier molecular flexibility index (Phi) is 5.15. The van der Waals surface area contributed by atoms with Gasteiger partial charge in [0.2, 0.25) is 5.91 Å². The Morgan fingerprint density at radius 1 is 1.18 bits per heavy atom. The second kappa shape index (κ2) is 7.89. The average Bonchev–Trinajstić information content (AvgIpc) is 3.52. The molecule has 5 nitrogen and oxygen atoms in total. The number of ether oxygens (including phenoxy) is 1. The fourth-order valence-corrected chi connectivity index (χ4v) is 3.24. The van der Waals surface area contributed by atoms with Crippen LogP contribution < -0.4 is 15.5 Å². The molecular formula is C23H24N2O3. The number of carbonyl (C=O) groups is 1. The van der Waals surface area contributed by atoms with E-state index in [1.54, 1.807) is 16.8 Å². The number of para-hydroxylation sites is 1. The van der Waals surface area contributed by atoms with Crippen LogP contribution in [0.3, 0.4) is 0 Å². The molecule has 3 aromatic rings. The molecule has 0 spiro atoms. The number of benzene rings is 2. The number of carbonyl (C=O) groups excluding carboxylic acids is 1. The van der Waals surface area contributed by atoms with Crippen LogP contribution >= 0.6 is 0 Å². The zero-order valence-corrected chi connectivity index (χ0v) is 16.0. The lowest BCUT2D eigenvalue weighted by molar-refractivity contribution is -0.121. The van der Waals surface area contributed by atoms with Crippen LogP contribution in [0, 0.1) is 12.8 Å². The molecular weight excluding hydrogens is 352 g/mol. The molecule has 0 atom stereocenters. The third-order valence-corrected chi connectivity index (χ3v) is 5.07. The summed E-state index contributed by atoms with van der Waals surface area (Å²) in [5, 5.41) is 3.59. The SMILES string of the molecule is Cc1ccc(CNC(=O)Cn2ccc(=O)c3ccccc32)c(OCC2CC2)c1. The Labute approximate surface area is 163 Å². The first kappa shape index (κ1) is 18.3. The van der Waals surface area contributed by atoms with E-state index in [0.717, 1.165) is 29.0 Å². The van der Waals surface area contributed by atoms with Crippen molar-refractivity contribution in [2.45, 2.75) is 32.9 Å². The van der Waals surface area contributed by atoms with Gasteiger partial charge in [-0.2, -0.15) is 0 Å². The molecule has 0 saturated heterocycles. The maximum Gasteiger partial charge on any atom is 0.240 e. The van der Waals surface area contributed by atoms with Crippen molar-refractivity contribution in [3.63, 3.8) is 0 Å². The van der Waals surface area contributed by atoms with E-state index in [0.29, 0.717) is 17.8 Å². The summed E-state index contributed by atoms with van der Waals surface area (Å²) >= 11 is 0. The fraction of sp³-hybridized carbons (Fsp3) is 0.304. The highest BCUT2D eigenvalue weighted by molar-refractivity contribution is 5.82. The van der Waals surface area contributed by atoms with E-state index < -0.39 is 0 Å². The number of amides is 1. The average molecular weight is 376 g/mol. The molecule has 1 saturated carbocycles. The first-order valence-electron chi connectivity index (χ1n) is 9.67. The van der Waals surface area contributed by atoms with Crippen molar-refractivity contribution in [2.24, 2.45) is 5.92 Å². The van der Waals surface area contributed by atoms with Gasteiger partial charge < -0.3 is 14.6 Å². The van der Waals surface area contributed by atoms with Crippen LogP contribution in [0.15, 0.2) is 59.5 Å². The molecule has 0 aliphatic heterocycles. The summed E-state index contributed by atoms with van der Waals surface area (Å²) in [6.07, 6.45) is 4.15. The van der Waals surface area contributed by atoms with Crippen LogP contribution in [0.4, 0.5) is 0 Å². The Morgan fingerprint density at radius 2 is 2.00 bits per heavy atom. The number of aryl methyl sites for hydroxylation is 1. The lowest BCUT2D eigenvalue weighted by atomic mass is 10.1. The smallest absolute Gasteiger partial charge is 0.240 e. The summed E-state index contributed by atoms with van der Waals surface area (Å²) in [7, 11) is 0. The Hall–Kier alpha value is -3.08. The van der Waals surface area contributed by atoms with E-state index in [4.69, 9.17) is 4.74 Å². The Morgan fingerprint density at radius 3 is 2.82 bits per heavy atom. The minimum Gasteiger partial charge on any atom is -0.493 e. The van der Waals surface area contributed by atoms with Crippen molar-refractivity contribution >= 4 is 16.8 Å². The Bertz CT molecular complexity index is 1070. The van der Waals surface area contributed by atoms with Gasteiger partial charge in [0.05, 0.1) is 12.1 Å². The summed E-state index contributed by atoms with van der Waals surface area (Å²) in [5.74, 6) is 1.42. The standard InChI is InChI=1S/C23H24N2O3/c1-16-6-9-18(22(12-16)28-15-17-7-8-17)13-24-23(27)14-25-11-10-21(26)19-4-2-3-5-20(19)25/h2-6,9-12,17H,7-8,13-15H2,1H3,(H,24,27). The van der Waals surface area contributed by atoms with Crippen LogP contribution in [-0.2, 0) is 17.9 Å². The number of fused-ring (bicyclic) bond motifs is 1. The van der Waals surface area contributed by atoms with Crippen molar-refractivity contribution in [1.29, 1.82) is 0 Å². The van der Waals surface area contributed by atoms with Gasteiger partial charge in [-0.25, -0.2) is 0 Å². The molecule has 1 fully saturated rings. The molecule has 0 bridgehead atoms. The minimum absolute atomic E-state index is 0.0376. The predicted molar refractivity (Wildman–Crippen MR) is 109 cm³/mol. The van der Waals surface area contributed by atoms with Crippen LogP contribution in [0.2, 0.25) is 0 Å². The first-order chi connectivity index (χ1) is 13.6. The van der Waals surface area contributed by atoms with E-state index >= 15 is 0 Å². The first-order valence-corrected chi connectivity index (χ1v) is 9.67. The van der Waals surface area contributed by atoms with Crippen LogP contribution in [0.25, 0.3) is 10.9 Å². The topological polar surface area (TPSA) is 60.3 Å². The number of hydrogen-bond acceptors (Lipinski definition) is 3. The number of nitrogens with zero attached hydrogens (tertiary/aromatic N) is 1. The maximum atomic E-state index is 12.5. The van der Waals surface area contributed by atoms with Gasteiger partial charge in [0.1, 0.15) is 12.3 Å². The molecule has 28 heavy (non-hydrogen) atoms. The molecule has 144 valence electrons. The summed E-state index contributed by atoms with van der Waals surface area (Å²) < 4.78 is 7.77. The monoisotopic (exact) mass is 376 g/mol. The Balaban J connectivity index is 1.44. The van der Waals surface area contributed by atoms with Gasteiger partial charge in [0, 0.05) is 29.8 Å². The lowest BCUT2D eigenvalue weighted by Crippen LogP contribution is -2.28. The molecule has 1 aromatic heterocycles. The zero-order chi connectivity index (χ0) is 19.5. The van der Waals surface area contributed by atoms with E-state index in [9.17, 15) is 9.59 Å². The largest absolute Gasteiger partial charge is 0.493 e. The quantitative estimate of drug-likeness (QED) is 0.687. The number of pyridine rings is 1. The van der Waals surface area contributed by atoms with E-state index in [1.165, 1.54) is 18.9 Å². The number of rotatable bonds is 7. The number of aromatic nitrogens is 1. The van der Waals surface area contributed by atoms with Crippen LogP contribution in [0.1, 0.15) is 24.0 Å². The van der Waals surface area contributed by atoms with Gasteiger partial charge in [-0.15, -0.1) is 0 Å². The van der Waals surface area contributed by atoms with Gasteiger partial charge in [0.15, 0.2) is 5.43 Å². The zero-order valence-electron chi connectivity index (χ0n) is 16.0. The van der Waals surface area contributed by atoms with Crippen molar-refractivity contribution < 1.29 is 9.53 Å². The van der Waals surface area contributed by atoms with Crippen LogP contribution in [-0.4, -0.2) is 17.1 Å². The number of nitrogens with one attached hydrogen (secondary N) is 1. The molecule has 1 aliphatic carbocycles. The van der Waals surface area contributed by atoms with E-state index in [-0.39, 0.29) is 17.9 Å². The van der Waals surface area contributed by atoms with Gasteiger partial charge in [-0.05, 0) is 49.4 Å². The molecule has 1 N–H and O–H groups in total. The fourth-order valence-electron chi connectivity index (χ4n) is 3.24. The molecule has 1 aliphatic rings. The van der Waals surface area contributed by atoms with E-state index in [2.05, 4.69) is 5.32 Å². The highest BCUT2D eigenvalue weighted by atomic mass is 16.5. The summed E-state index contributed by atoms with van der Waals surface area (Å²) in [6.45, 7) is 3.35. The highest BCUT2D eigenvalue weighted by Gasteiger charge is 2.22. The molecule has 4 rings (SSSR count). The summed E-state index contributed by atoms with van der Waals surface area (Å²) in [6, 6.07) is 14.9. The minimum atomic E-state index is -0.109. The normalized spacial score (nSPS) is 13.5. The third-order valence-electron chi connectivity index (χ3n) is 5.07. The highest BCUT2D eigenvalue weighted by Crippen LogP contribution is 2.30. The maximum absolute atomic E-state index is 12.5. The van der Waals surface area contributed by atoms with Crippen molar-refractivity contribution in [3.05, 3.63) is 76.1 Å². The van der Waals surface area contributed by atoms with Gasteiger partial charge in [-0.1, -0.05) is 24.3 Å². The van der Waals surface area contributed by atoms with Gasteiger partial charge in [-0.3, -0.25) is 9.59 Å². The third kappa shape index (κ3) is 4.25. The van der Waals surface area contributed by atoms with Gasteiger partial charge in [0.25, 0.3) is 0 Å². The van der Waals surface area contributed by atoms with Crippen molar-refractivity contribution in [2.75, 3.05) is 6.61 Å². The molecule has 0 radical (unpaired) electrons. The van der Waals surface area contributed by atoms with Gasteiger partial charge >= 0.3 is 0 Å². The van der Waals surface area contributed by atoms with Crippen molar-refractivity contribution in [3.8, 4) is 5.75 Å². The molecule has 2 aromatic carbocycles. The van der Waals surface area contributed by atoms with Crippen molar-refractivity contribution in [1.82, 2.24) is 9.88 Å². The van der Waals surface area contributed by atoms with E-state index in [1.807, 2.05) is 43.3 Å². The molecule has 1 heterocycles. The summed E-state index contributed by atoms with van der Waals surface area (Å²) in [4.78, 5) is 24.5. The molecule has 0 unspecified atom stereocenters. The molecule has 1 amide bonds. The van der Waals surface area contributed by atoms with Crippen LogP contribution in [0.5, 0.6) is 5.75 Å². The summed E-state index contributed by atoms with van der Waals surface area (Å²) in [5.41, 5.74) is 2.84. The second-order valence-electron chi connectivity index (χ2n) is 7.47. The second-order valence-corrected chi connectivity index (χ2v) is 7.47. The predicted octanol–water partition coefficient (Wildman–Crippen LogP) is 3.42. The lowest BCUT2D eigenvalue weighted by Gasteiger charge is -2.14. The number of hydrogen-bond donors (Lipinski definition) is 1.